The van der Waals surface area contributed by atoms with Gasteiger partial charge in [0.05, 0.1) is 6.20 Å². The first-order valence-corrected chi connectivity index (χ1v) is 5.34. The van der Waals surface area contributed by atoms with E-state index in [-0.39, 0.29) is 5.43 Å². The van der Waals surface area contributed by atoms with Crippen molar-refractivity contribution in [3.8, 4) is 11.1 Å². The van der Waals surface area contributed by atoms with Crippen molar-refractivity contribution in [3.05, 3.63) is 53.1 Å². The summed E-state index contributed by atoms with van der Waals surface area (Å²) in [4.78, 5) is 14.8. The molecular formula is C13H11N3O. The lowest BCUT2D eigenvalue weighted by Gasteiger charge is -2.00. The average molecular weight is 225 g/mol. The summed E-state index contributed by atoms with van der Waals surface area (Å²) in [7, 11) is 1.87. The van der Waals surface area contributed by atoms with Crippen molar-refractivity contribution < 1.29 is 0 Å². The molecule has 4 nitrogen and oxygen atoms in total. The highest BCUT2D eigenvalue weighted by atomic mass is 16.1. The third-order valence-corrected chi connectivity index (χ3v) is 2.80. The number of rotatable bonds is 1. The lowest BCUT2D eigenvalue weighted by Crippen LogP contribution is -1.99. The number of benzene rings is 1. The van der Waals surface area contributed by atoms with Crippen molar-refractivity contribution in [3.63, 3.8) is 0 Å². The molecule has 0 fully saturated rings. The first-order chi connectivity index (χ1) is 8.24. The molecule has 0 saturated carbocycles. The maximum Gasteiger partial charge on any atom is 0.189 e. The minimum atomic E-state index is 0.0319. The summed E-state index contributed by atoms with van der Waals surface area (Å²) >= 11 is 0. The molecule has 0 amide bonds. The molecule has 0 spiro atoms. The molecule has 1 aromatic carbocycles. The molecule has 0 radical (unpaired) electrons. The Bertz CT molecular complexity index is 740. The molecular weight excluding hydrogens is 214 g/mol. The van der Waals surface area contributed by atoms with Crippen molar-refractivity contribution >= 4 is 10.9 Å². The number of pyridine rings is 1. The Morgan fingerprint density at radius 1 is 1.24 bits per heavy atom. The Hall–Kier alpha value is -2.36. The van der Waals surface area contributed by atoms with E-state index in [2.05, 4.69) is 10.1 Å². The summed E-state index contributed by atoms with van der Waals surface area (Å²) in [5, 5.41) is 4.83. The van der Waals surface area contributed by atoms with Crippen LogP contribution in [0.15, 0.2) is 47.7 Å². The first kappa shape index (κ1) is 9.84. The topological polar surface area (TPSA) is 50.7 Å². The van der Waals surface area contributed by atoms with E-state index >= 15 is 0 Å². The molecule has 0 saturated heterocycles. The lowest BCUT2D eigenvalue weighted by atomic mass is 10.1. The van der Waals surface area contributed by atoms with Gasteiger partial charge >= 0.3 is 0 Å². The zero-order valence-corrected chi connectivity index (χ0v) is 9.34. The Balaban J connectivity index is 2.26. The number of aromatic amines is 1. The number of aryl methyl sites for hydroxylation is 1. The fourth-order valence-electron chi connectivity index (χ4n) is 1.92. The molecule has 3 aromatic rings. The number of nitrogens with one attached hydrogen (secondary N) is 1. The van der Waals surface area contributed by atoms with Gasteiger partial charge in [-0.15, -0.1) is 0 Å². The van der Waals surface area contributed by atoms with Crippen molar-refractivity contribution in [2.45, 2.75) is 0 Å². The number of aromatic nitrogens is 3. The van der Waals surface area contributed by atoms with E-state index in [0.717, 1.165) is 16.6 Å². The van der Waals surface area contributed by atoms with Crippen LogP contribution >= 0.6 is 0 Å². The van der Waals surface area contributed by atoms with Crippen LogP contribution in [0, 0.1) is 0 Å². The highest BCUT2D eigenvalue weighted by molar-refractivity contribution is 5.83. The molecule has 17 heavy (non-hydrogen) atoms. The van der Waals surface area contributed by atoms with Gasteiger partial charge in [0.1, 0.15) is 0 Å². The number of H-pyrrole nitrogens is 1. The van der Waals surface area contributed by atoms with Crippen LogP contribution < -0.4 is 5.43 Å². The largest absolute Gasteiger partial charge is 0.361 e. The van der Waals surface area contributed by atoms with E-state index in [1.54, 1.807) is 17.1 Å². The molecule has 0 atom stereocenters. The van der Waals surface area contributed by atoms with Crippen LogP contribution in [0.4, 0.5) is 0 Å². The van der Waals surface area contributed by atoms with E-state index in [4.69, 9.17) is 0 Å². The van der Waals surface area contributed by atoms with Gasteiger partial charge in [-0.3, -0.25) is 9.48 Å². The van der Waals surface area contributed by atoms with Crippen LogP contribution in [-0.2, 0) is 7.05 Å². The summed E-state index contributed by atoms with van der Waals surface area (Å²) in [6, 6.07) is 7.33. The van der Waals surface area contributed by atoms with E-state index in [1.807, 2.05) is 31.4 Å². The fourth-order valence-corrected chi connectivity index (χ4v) is 1.92. The van der Waals surface area contributed by atoms with Crippen LogP contribution in [0.3, 0.4) is 0 Å². The third kappa shape index (κ3) is 1.63. The number of fused-ring (bicyclic) bond motifs is 1. The van der Waals surface area contributed by atoms with E-state index in [0.29, 0.717) is 5.39 Å². The molecule has 3 rings (SSSR count). The van der Waals surface area contributed by atoms with Gasteiger partial charge in [-0.05, 0) is 17.7 Å². The van der Waals surface area contributed by atoms with Gasteiger partial charge in [0, 0.05) is 42.0 Å². The molecule has 2 aromatic heterocycles. The molecule has 0 aliphatic heterocycles. The second-order valence-corrected chi connectivity index (χ2v) is 4.00. The first-order valence-electron chi connectivity index (χ1n) is 5.34. The predicted octanol–water partition coefficient (Wildman–Crippen LogP) is 1.93. The zero-order valence-electron chi connectivity index (χ0n) is 9.34. The second kappa shape index (κ2) is 3.59. The van der Waals surface area contributed by atoms with Gasteiger partial charge in [-0.1, -0.05) is 6.07 Å². The van der Waals surface area contributed by atoms with Crippen LogP contribution in [0.25, 0.3) is 22.0 Å². The van der Waals surface area contributed by atoms with Crippen molar-refractivity contribution in [2.24, 2.45) is 7.05 Å². The van der Waals surface area contributed by atoms with Crippen LogP contribution in [-0.4, -0.2) is 14.8 Å². The molecule has 0 aliphatic rings. The molecule has 0 unspecified atom stereocenters. The van der Waals surface area contributed by atoms with Crippen molar-refractivity contribution in [1.29, 1.82) is 0 Å². The highest BCUT2D eigenvalue weighted by Crippen LogP contribution is 2.21. The van der Waals surface area contributed by atoms with Gasteiger partial charge in [0.2, 0.25) is 0 Å². The van der Waals surface area contributed by atoms with Crippen LogP contribution in [0.2, 0.25) is 0 Å². The average Bonchev–Trinajstić information content (AvgIpc) is 2.76. The summed E-state index contributed by atoms with van der Waals surface area (Å²) < 4.78 is 1.74. The SMILES string of the molecule is Cn1cc(-c2ccc3[nH]ccc(=O)c3c2)cn1. The maximum atomic E-state index is 11.7. The number of nitrogens with zero attached hydrogens (tertiary/aromatic N) is 2. The lowest BCUT2D eigenvalue weighted by molar-refractivity contribution is 0.768. The molecule has 2 heterocycles. The van der Waals surface area contributed by atoms with Crippen LogP contribution in [0.1, 0.15) is 0 Å². The number of hydrogen-bond donors (Lipinski definition) is 1. The quantitative estimate of drug-likeness (QED) is 0.688. The predicted molar refractivity (Wildman–Crippen MR) is 66.8 cm³/mol. The Labute approximate surface area is 97.5 Å². The third-order valence-electron chi connectivity index (χ3n) is 2.80. The monoisotopic (exact) mass is 225 g/mol. The van der Waals surface area contributed by atoms with Crippen molar-refractivity contribution in [2.75, 3.05) is 0 Å². The Morgan fingerprint density at radius 3 is 2.88 bits per heavy atom. The van der Waals surface area contributed by atoms with Gasteiger partial charge in [-0.2, -0.15) is 5.10 Å². The minimum Gasteiger partial charge on any atom is -0.361 e. The summed E-state index contributed by atoms with van der Waals surface area (Å²) in [5.74, 6) is 0. The zero-order chi connectivity index (χ0) is 11.8. The number of hydrogen-bond acceptors (Lipinski definition) is 2. The smallest absolute Gasteiger partial charge is 0.189 e. The molecule has 0 bridgehead atoms. The van der Waals surface area contributed by atoms with E-state index in [9.17, 15) is 4.79 Å². The van der Waals surface area contributed by atoms with Gasteiger partial charge in [0.15, 0.2) is 5.43 Å². The molecule has 0 aliphatic carbocycles. The van der Waals surface area contributed by atoms with Crippen molar-refractivity contribution in [1.82, 2.24) is 14.8 Å². The minimum absolute atomic E-state index is 0.0319. The van der Waals surface area contributed by atoms with E-state index < -0.39 is 0 Å². The van der Waals surface area contributed by atoms with Gasteiger partial charge in [-0.25, -0.2) is 0 Å². The fraction of sp³-hybridized carbons (Fsp3) is 0.0769. The maximum absolute atomic E-state index is 11.7. The molecule has 4 heteroatoms. The Kier molecular flexibility index (Phi) is 2.08. The molecule has 84 valence electrons. The normalized spacial score (nSPS) is 10.9. The summed E-state index contributed by atoms with van der Waals surface area (Å²) in [6.45, 7) is 0. The summed E-state index contributed by atoms with van der Waals surface area (Å²) in [6.07, 6.45) is 5.38. The standard InChI is InChI=1S/C13H11N3O/c1-16-8-10(7-15-16)9-2-3-12-11(6-9)13(17)4-5-14-12/h2-8H,1H3,(H,14,17). The molecule has 1 N–H and O–H groups in total. The summed E-state index contributed by atoms with van der Waals surface area (Å²) in [5.41, 5.74) is 2.90. The van der Waals surface area contributed by atoms with Crippen LogP contribution in [0.5, 0.6) is 0 Å². The van der Waals surface area contributed by atoms with Gasteiger partial charge < -0.3 is 4.98 Å². The van der Waals surface area contributed by atoms with Gasteiger partial charge in [0.25, 0.3) is 0 Å². The highest BCUT2D eigenvalue weighted by Gasteiger charge is 2.03. The Morgan fingerprint density at radius 2 is 2.12 bits per heavy atom. The van der Waals surface area contributed by atoms with E-state index in [1.165, 1.54) is 6.07 Å². The second-order valence-electron chi connectivity index (χ2n) is 4.00.